The van der Waals surface area contributed by atoms with E-state index in [1.807, 2.05) is 16.0 Å². The Morgan fingerprint density at radius 2 is 2.08 bits per heavy atom. The summed E-state index contributed by atoms with van der Waals surface area (Å²) >= 11 is 1.48. The second-order valence-corrected chi connectivity index (χ2v) is 7.91. The lowest BCUT2D eigenvalue weighted by Gasteiger charge is -2.42. The molecule has 6 nitrogen and oxygen atoms in total. The van der Waals surface area contributed by atoms with Crippen molar-refractivity contribution in [2.75, 3.05) is 13.1 Å². The standard InChI is InChI=1S/C18H18N4O2S/c23-16-3-1-2-15-13-6-12(9-22(15)16)8-20(10-13)11-14-7-17(24)21-4-5-25-18(21)19-14/h1-5,7,12-13H,6,8-11H2. The fourth-order valence-electron chi connectivity index (χ4n) is 4.32. The van der Waals surface area contributed by atoms with Crippen molar-refractivity contribution in [3.63, 3.8) is 0 Å². The molecule has 128 valence electrons. The molecule has 3 aromatic heterocycles. The number of aromatic nitrogens is 3. The van der Waals surface area contributed by atoms with Crippen molar-refractivity contribution in [2.24, 2.45) is 5.92 Å². The SMILES string of the molecule is O=c1cccc2n1CC1CC2CN(Cc2cc(=O)n3ccsc3n2)C1. The minimum Gasteiger partial charge on any atom is -0.312 e. The van der Waals surface area contributed by atoms with Gasteiger partial charge in [-0.2, -0.15) is 0 Å². The number of nitrogens with zero attached hydrogens (tertiary/aromatic N) is 4. The van der Waals surface area contributed by atoms with Gasteiger partial charge in [0.1, 0.15) is 0 Å². The van der Waals surface area contributed by atoms with Crippen molar-refractivity contribution in [1.29, 1.82) is 0 Å². The molecule has 1 saturated heterocycles. The summed E-state index contributed by atoms with van der Waals surface area (Å²) in [6.45, 7) is 3.34. The Labute approximate surface area is 148 Å². The van der Waals surface area contributed by atoms with Gasteiger partial charge in [-0.15, -0.1) is 11.3 Å². The van der Waals surface area contributed by atoms with Crippen LogP contribution < -0.4 is 11.1 Å². The van der Waals surface area contributed by atoms with E-state index in [2.05, 4.69) is 16.0 Å². The molecule has 2 atom stereocenters. The van der Waals surface area contributed by atoms with Crippen LogP contribution in [0.4, 0.5) is 0 Å². The number of fused-ring (bicyclic) bond motifs is 5. The monoisotopic (exact) mass is 354 g/mol. The summed E-state index contributed by atoms with van der Waals surface area (Å²) in [6.07, 6.45) is 2.90. The van der Waals surface area contributed by atoms with Gasteiger partial charge >= 0.3 is 0 Å². The topological polar surface area (TPSA) is 59.6 Å². The summed E-state index contributed by atoms with van der Waals surface area (Å²) < 4.78 is 3.53. The molecule has 7 heteroatoms. The smallest absolute Gasteiger partial charge is 0.258 e. The van der Waals surface area contributed by atoms with Gasteiger partial charge in [-0.05, 0) is 18.4 Å². The van der Waals surface area contributed by atoms with E-state index in [0.717, 1.165) is 42.4 Å². The second-order valence-electron chi connectivity index (χ2n) is 7.03. The number of likely N-dealkylation sites (tertiary alicyclic amines) is 1. The lowest BCUT2D eigenvalue weighted by Crippen LogP contribution is -2.46. The predicted octanol–water partition coefficient (Wildman–Crippen LogP) is 1.54. The van der Waals surface area contributed by atoms with E-state index >= 15 is 0 Å². The molecule has 3 aromatic rings. The molecule has 1 fully saturated rings. The lowest BCUT2D eigenvalue weighted by atomic mass is 9.83. The van der Waals surface area contributed by atoms with E-state index in [1.54, 1.807) is 22.7 Å². The number of pyridine rings is 1. The fourth-order valence-corrected chi connectivity index (χ4v) is 5.06. The third kappa shape index (κ3) is 2.54. The maximum Gasteiger partial charge on any atom is 0.258 e. The molecule has 2 aliphatic heterocycles. The van der Waals surface area contributed by atoms with Gasteiger partial charge in [0.25, 0.3) is 11.1 Å². The van der Waals surface area contributed by atoms with Gasteiger partial charge in [0.15, 0.2) is 4.96 Å². The van der Waals surface area contributed by atoms with Crippen LogP contribution in [0.5, 0.6) is 0 Å². The zero-order valence-electron chi connectivity index (χ0n) is 13.7. The summed E-state index contributed by atoms with van der Waals surface area (Å²) in [5.74, 6) is 0.867. The fraction of sp³-hybridized carbons (Fsp3) is 0.389. The maximum absolute atomic E-state index is 12.2. The van der Waals surface area contributed by atoms with Crippen LogP contribution in [-0.2, 0) is 13.1 Å². The van der Waals surface area contributed by atoms with E-state index in [9.17, 15) is 9.59 Å². The number of hydrogen-bond donors (Lipinski definition) is 0. The van der Waals surface area contributed by atoms with Crippen LogP contribution in [0.3, 0.4) is 0 Å². The number of hydrogen-bond acceptors (Lipinski definition) is 5. The minimum absolute atomic E-state index is 0.0182. The molecule has 0 aliphatic carbocycles. The summed E-state index contributed by atoms with van der Waals surface area (Å²) in [5, 5.41) is 1.88. The first-order chi connectivity index (χ1) is 12.2. The van der Waals surface area contributed by atoms with Crippen LogP contribution in [0, 0.1) is 5.92 Å². The van der Waals surface area contributed by atoms with Crippen molar-refractivity contribution in [3.05, 3.63) is 67.9 Å². The van der Waals surface area contributed by atoms with Gasteiger partial charge in [-0.3, -0.25) is 18.9 Å². The third-order valence-corrected chi connectivity index (χ3v) is 6.05. The number of thiazole rings is 1. The van der Waals surface area contributed by atoms with E-state index in [-0.39, 0.29) is 11.1 Å². The Balaban J connectivity index is 1.43. The molecule has 0 N–H and O–H groups in total. The van der Waals surface area contributed by atoms with Crippen LogP contribution in [0.2, 0.25) is 0 Å². The highest BCUT2D eigenvalue weighted by Gasteiger charge is 2.34. The molecular formula is C18H18N4O2S. The van der Waals surface area contributed by atoms with Gasteiger partial charge < -0.3 is 4.57 Å². The summed E-state index contributed by atoms with van der Waals surface area (Å²) in [7, 11) is 0. The molecule has 25 heavy (non-hydrogen) atoms. The summed E-state index contributed by atoms with van der Waals surface area (Å²) in [4.78, 5) is 32.0. The first-order valence-electron chi connectivity index (χ1n) is 8.55. The van der Waals surface area contributed by atoms with Crippen LogP contribution in [0.1, 0.15) is 23.7 Å². The molecule has 5 rings (SSSR count). The third-order valence-electron chi connectivity index (χ3n) is 5.30. The number of piperidine rings is 1. The van der Waals surface area contributed by atoms with Crippen molar-refractivity contribution < 1.29 is 0 Å². The highest BCUT2D eigenvalue weighted by atomic mass is 32.1. The van der Waals surface area contributed by atoms with Gasteiger partial charge in [-0.1, -0.05) is 6.07 Å². The molecule has 2 bridgehead atoms. The molecule has 0 saturated carbocycles. The normalized spacial score (nSPS) is 22.9. The molecule has 2 aliphatic rings. The van der Waals surface area contributed by atoms with Gasteiger partial charge in [0, 0.05) is 61.5 Å². The van der Waals surface area contributed by atoms with E-state index < -0.39 is 0 Å². The molecule has 0 radical (unpaired) electrons. The molecule has 5 heterocycles. The molecule has 0 amide bonds. The van der Waals surface area contributed by atoms with Crippen LogP contribution in [0.25, 0.3) is 4.96 Å². The average Bonchev–Trinajstić information content (AvgIpc) is 3.05. The first-order valence-corrected chi connectivity index (χ1v) is 9.43. The Morgan fingerprint density at radius 3 is 3.00 bits per heavy atom. The van der Waals surface area contributed by atoms with Crippen molar-refractivity contribution in [2.45, 2.75) is 25.4 Å². The largest absolute Gasteiger partial charge is 0.312 e. The van der Waals surface area contributed by atoms with E-state index in [4.69, 9.17) is 0 Å². The maximum atomic E-state index is 12.2. The minimum atomic E-state index is -0.0182. The predicted molar refractivity (Wildman–Crippen MR) is 96.2 cm³/mol. The zero-order valence-corrected chi connectivity index (χ0v) is 14.5. The number of rotatable bonds is 2. The van der Waals surface area contributed by atoms with Gasteiger partial charge in [-0.25, -0.2) is 4.98 Å². The molecular weight excluding hydrogens is 336 g/mol. The summed E-state index contributed by atoms with van der Waals surface area (Å²) in [6, 6.07) is 7.23. The van der Waals surface area contributed by atoms with Gasteiger partial charge in [0.2, 0.25) is 0 Å². The Bertz CT molecular complexity index is 1070. The van der Waals surface area contributed by atoms with Crippen molar-refractivity contribution in [1.82, 2.24) is 18.9 Å². The molecule has 0 spiro atoms. The van der Waals surface area contributed by atoms with E-state index in [1.165, 1.54) is 11.3 Å². The summed E-state index contributed by atoms with van der Waals surface area (Å²) in [5.41, 5.74) is 2.07. The Kier molecular flexibility index (Phi) is 3.39. The average molecular weight is 354 g/mol. The van der Waals surface area contributed by atoms with E-state index in [0.29, 0.717) is 18.4 Å². The second kappa shape index (κ2) is 5.64. The Morgan fingerprint density at radius 1 is 1.16 bits per heavy atom. The first kappa shape index (κ1) is 15.0. The van der Waals surface area contributed by atoms with Crippen LogP contribution in [0.15, 0.2) is 45.4 Å². The van der Waals surface area contributed by atoms with Gasteiger partial charge in [0.05, 0.1) is 5.69 Å². The van der Waals surface area contributed by atoms with Crippen molar-refractivity contribution >= 4 is 16.3 Å². The van der Waals surface area contributed by atoms with Crippen LogP contribution >= 0.6 is 11.3 Å². The van der Waals surface area contributed by atoms with Crippen LogP contribution in [-0.4, -0.2) is 31.9 Å². The molecule has 2 unspecified atom stereocenters. The zero-order chi connectivity index (χ0) is 17.0. The van der Waals surface area contributed by atoms with Crippen molar-refractivity contribution in [3.8, 4) is 0 Å². The molecule has 0 aromatic carbocycles. The quantitative estimate of drug-likeness (QED) is 0.700. The lowest BCUT2D eigenvalue weighted by molar-refractivity contribution is 0.113. The Hall–Kier alpha value is -2.25. The highest BCUT2D eigenvalue weighted by molar-refractivity contribution is 7.15. The highest BCUT2D eigenvalue weighted by Crippen LogP contribution is 2.35.